The number of benzene rings is 1. The van der Waals surface area contributed by atoms with Crippen LogP contribution in [-0.4, -0.2) is 21.9 Å². The molecule has 1 aromatic rings. The lowest BCUT2D eigenvalue weighted by Gasteiger charge is -2.10. The van der Waals surface area contributed by atoms with Crippen LogP contribution in [0.2, 0.25) is 0 Å². The molecule has 0 aliphatic heterocycles. The van der Waals surface area contributed by atoms with Crippen LogP contribution in [0.25, 0.3) is 0 Å². The molecule has 1 rings (SSSR count). The molecular weight excluding hydrogens is 158 g/mol. The van der Waals surface area contributed by atoms with E-state index in [-0.39, 0.29) is 18.1 Å². The van der Waals surface area contributed by atoms with E-state index in [1.807, 2.05) is 0 Å². The molecule has 4 nitrogen and oxygen atoms in total. The van der Waals surface area contributed by atoms with Gasteiger partial charge in [0.25, 0.3) is 0 Å². The zero-order valence-corrected chi connectivity index (χ0v) is 6.44. The van der Waals surface area contributed by atoms with E-state index in [0.29, 0.717) is 5.56 Å². The topological polar surface area (TPSA) is 86.7 Å². The van der Waals surface area contributed by atoms with Crippen molar-refractivity contribution in [2.75, 3.05) is 6.61 Å². The fraction of sp³-hybridized carbons (Fsp3) is 0.250. The Morgan fingerprint density at radius 1 is 1.33 bits per heavy atom. The van der Waals surface area contributed by atoms with Crippen LogP contribution in [0.15, 0.2) is 18.2 Å². The summed E-state index contributed by atoms with van der Waals surface area (Å²) in [5.74, 6) is 0.000972. The van der Waals surface area contributed by atoms with Gasteiger partial charge in [0.2, 0.25) is 0 Å². The summed E-state index contributed by atoms with van der Waals surface area (Å²) in [4.78, 5) is 0. The van der Waals surface area contributed by atoms with Crippen LogP contribution in [-0.2, 0) is 0 Å². The number of aliphatic hydroxyl groups is 1. The minimum absolute atomic E-state index is 0.0191. The monoisotopic (exact) mass is 169 g/mol. The first-order valence-electron chi connectivity index (χ1n) is 3.53. The first kappa shape index (κ1) is 8.83. The van der Waals surface area contributed by atoms with Gasteiger partial charge in [-0.05, 0) is 18.2 Å². The summed E-state index contributed by atoms with van der Waals surface area (Å²) in [5.41, 5.74) is 5.79. The molecule has 12 heavy (non-hydrogen) atoms. The molecule has 0 saturated carbocycles. The maximum absolute atomic E-state index is 9.23. The van der Waals surface area contributed by atoms with Crippen molar-refractivity contribution in [3.63, 3.8) is 0 Å². The molecule has 0 aromatic heterocycles. The molecule has 1 aromatic carbocycles. The van der Waals surface area contributed by atoms with E-state index >= 15 is 0 Å². The molecule has 0 aliphatic rings. The Balaban J connectivity index is 3.04. The molecule has 0 radical (unpaired) electrons. The van der Waals surface area contributed by atoms with E-state index < -0.39 is 6.04 Å². The summed E-state index contributed by atoms with van der Waals surface area (Å²) in [7, 11) is 0. The van der Waals surface area contributed by atoms with Gasteiger partial charge in [-0.1, -0.05) is 0 Å². The first-order valence-corrected chi connectivity index (χ1v) is 3.53. The summed E-state index contributed by atoms with van der Waals surface area (Å²) in [6.45, 7) is -0.267. The Bertz CT molecular complexity index is 275. The highest BCUT2D eigenvalue weighted by molar-refractivity contribution is 5.40. The lowest BCUT2D eigenvalue weighted by atomic mass is 10.1. The smallest absolute Gasteiger partial charge is 0.120 e. The van der Waals surface area contributed by atoms with E-state index in [4.69, 9.17) is 15.9 Å². The molecule has 4 heteroatoms. The van der Waals surface area contributed by atoms with Crippen LogP contribution >= 0.6 is 0 Å². The van der Waals surface area contributed by atoms with E-state index in [9.17, 15) is 5.11 Å². The van der Waals surface area contributed by atoms with Crippen molar-refractivity contribution >= 4 is 0 Å². The van der Waals surface area contributed by atoms with Gasteiger partial charge >= 0.3 is 0 Å². The molecule has 66 valence electrons. The largest absolute Gasteiger partial charge is 0.508 e. The zero-order valence-electron chi connectivity index (χ0n) is 6.44. The Morgan fingerprint density at radius 2 is 2.00 bits per heavy atom. The van der Waals surface area contributed by atoms with Crippen LogP contribution in [0, 0.1) is 0 Å². The molecule has 0 amide bonds. The number of phenols is 2. The lowest BCUT2D eigenvalue weighted by molar-refractivity contribution is 0.265. The fourth-order valence-electron chi connectivity index (χ4n) is 0.937. The summed E-state index contributed by atoms with van der Waals surface area (Å²) in [5, 5.41) is 27.0. The molecule has 0 heterocycles. The molecule has 0 aliphatic carbocycles. The van der Waals surface area contributed by atoms with Gasteiger partial charge in [-0.25, -0.2) is 0 Å². The Morgan fingerprint density at radius 3 is 2.58 bits per heavy atom. The van der Waals surface area contributed by atoms with Gasteiger partial charge in [-0.2, -0.15) is 0 Å². The number of hydrogen-bond acceptors (Lipinski definition) is 4. The van der Waals surface area contributed by atoms with Crippen LogP contribution < -0.4 is 5.73 Å². The summed E-state index contributed by atoms with van der Waals surface area (Å²) in [6, 6.07) is 3.36. The molecule has 0 bridgehead atoms. The van der Waals surface area contributed by atoms with Gasteiger partial charge < -0.3 is 21.1 Å². The van der Waals surface area contributed by atoms with Crippen molar-refractivity contribution in [2.45, 2.75) is 6.04 Å². The van der Waals surface area contributed by atoms with Gasteiger partial charge in [-0.3, -0.25) is 0 Å². The average molecular weight is 169 g/mol. The SMILES string of the molecule is NC(CO)c1cc(O)ccc1O. The Hall–Kier alpha value is -1.26. The molecule has 1 atom stereocenters. The Kier molecular flexibility index (Phi) is 2.52. The van der Waals surface area contributed by atoms with Gasteiger partial charge in [-0.15, -0.1) is 0 Å². The standard InChI is InChI=1S/C8H11NO3/c9-7(4-10)6-3-5(11)1-2-8(6)12/h1-3,7,10-12H,4,9H2. The number of rotatable bonds is 2. The second kappa shape index (κ2) is 3.42. The van der Waals surface area contributed by atoms with Crippen molar-refractivity contribution in [1.82, 2.24) is 0 Å². The van der Waals surface area contributed by atoms with Gasteiger partial charge in [0.1, 0.15) is 11.5 Å². The van der Waals surface area contributed by atoms with E-state index in [0.717, 1.165) is 0 Å². The predicted octanol–water partition coefficient (Wildman–Crippen LogP) is 0.0899. The first-order chi connectivity index (χ1) is 5.65. The molecule has 0 spiro atoms. The van der Waals surface area contributed by atoms with Crippen molar-refractivity contribution < 1.29 is 15.3 Å². The van der Waals surface area contributed by atoms with E-state index in [1.165, 1.54) is 18.2 Å². The number of aromatic hydroxyl groups is 2. The molecule has 0 saturated heterocycles. The van der Waals surface area contributed by atoms with Gasteiger partial charge in [0.05, 0.1) is 12.6 Å². The van der Waals surface area contributed by atoms with Crippen LogP contribution in [0.3, 0.4) is 0 Å². The average Bonchev–Trinajstić information content (AvgIpc) is 2.08. The summed E-state index contributed by atoms with van der Waals surface area (Å²) < 4.78 is 0. The quantitative estimate of drug-likeness (QED) is 0.472. The number of aliphatic hydroxyl groups excluding tert-OH is 1. The number of phenolic OH excluding ortho intramolecular Hbond substituents is 2. The van der Waals surface area contributed by atoms with Crippen LogP contribution in [0.4, 0.5) is 0 Å². The third-order valence-electron chi connectivity index (χ3n) is 1.61. The van der Waals surface area contributed by atoms with E-state index in [2.05, 4.69) is 0 Å². The maximum atomic E-state index is 9.23. The van der Waals surface area contributed by atoms with Crippen molar-refractivity contribution in [3.05, 3.63) is 23.8 Å². The number of hydrogen-bond donors (Lipinski definition) is 4. The maximum Gasteiger partial charge on any atom is 0.120 e. The second-order valence-electron chi connectivity index (χ2n) is 2.53. The third kappa shape index (κ3) is 1.66. The van der Waals surface area contributed by atoms with Crippen LogP contribution in [0.1, 0.15) is 11.6 Å². The second-order valence-corrected chi connectivity index (χ2v) is 2.53. The van der Waals surface area contributed by atoms with E-state index in [1.54, 1.807) is 0 Å². The number of nitrogens with two attached hydrogens (primary N) is 1. The lowest BCUT2D eigenvalue weighted by Crippen LogP contribution is -2.14. The highest BCUT2D eigenvalue weighted by Crippen LogP contribution is 2.26. The van der Waals surface area contributed by atoms with Crippen molar-refractivity contribution in [1.29, 1.82) is 0 Å². The summed E-state index contributed by atoms with van der Waals surface area (Å²) in [6.07, 6.45) is 0. The normalized spacial score (nSPS) is 12.8. The van der Waals surface area contributed by atoms with Crippen molar-refractivity contribution in [2.24, 2.45) is 5.73 Å². The fourth-order valence-corrected chi connectivity index (χ4v) is 0.937. The molecular formula is C8H11NO3. The minimum Gasteiger partial charge on any atom is -0.508 e. The third-order valence-corrected chi connectivity index (χ3v) is 1.61. The zero-order chi connectivity index (χ0) is 9.14. The molecule has 1 unspecified atom stereocenters. The highest BCUT2D eigenvalue weighted by atomic mass is 16.3. The van der Waals surface area contributed by atoms with Crippen LogP contribution in [0.5, 0.6) is 11.5 Å². The Labute approximate surface area is 69.9 Å². The predicted molar refractivity (Wildman–Crippen MR) is 43.8 cm³/mol. The van der Waals surface area contributed by atoms with Crippen molar-refractivity contribution in [3.8, 4) is 11.5 Å². The molecule has 0 fully saturated rings. The van der Waals surface area contributed by atoms with Gasteiger partial charge in [0.15, 0.2) is 0 Å². The highest BCUT2D eigenvalue weighted by Gasteiger charge is 2.09. The molecule has 5 N–H and O–H groups in total. The van der Waals surface area contributed by atoms with Gasteiger partial charge in [0, 0.05) is 5.56 Å². The summed E-state index contributed by atoms with van der Waals surface area (Å²) >= 11 is 0. The minimum atomic E-state index is -0.655.